The summed E-state index contributed by atoms with van der Waals surface area (Å²) in [5.41, 5.74) is 1.26. The standard InChI is InChI=1S/C13H21N5/c1-2-7-17-12-15-11-13(17)10-14-5-3-8-18-9-4-6-16-18/h4,6,9,11-12,14H,2-3,5,7-8,10H2,1H3. The lowest BCUT2D eigenvalue weighted by Crippen LogP contribution is -2.18. The van der Waals surface area contributed by atoms with Crippen LogP contribution in [-0.4, -0.2) is 25.9 Å². The third kappa shape index (κ3) is 3.70. The number of hydrogen-bond donors (Lipinski definition) is 1. The smallest absolute Gasteiger partial charge is 0.0948 e. The number of aryl methyl sites for hydroxylation is 2. The Labute approximate surface area is 108 Å². The summed E-state index contributed by atoms with van der Waals surface area (Å²) < 4.78 is 4.17. The Hall–Kier alpha value is -1.62. The Morgan fingerprint density at radius 3 is 3.06 bits per heavy atom. The first kappa shape index (κ1) is 12.8. The van der Waals surface area contributed by atoms with Crippen LogP contribution in [0.5, 0.6) is 0 Å². The topological polar surface area (TPSA) is 47.7 Å². The van der Waals surface area contributed by atoms with E-state index in [-0.39, 0.29) is 0 Å². The molecule has 0 fully saturated rings. The molecule has 2 aromatic heterocycles. The largest absolute Gasteiger partial charge is 0.333 e. The second-order valence-corrected chi connectivity index (χ2v) is 4.38. The summed E-state index contributed by atoms with van der Waals surface area (Å²) in [6, 6.07) is 1.96. The summed E-state index contributed by atoms with van der Waals surface area (Å²) in [4.78, 5) is 4.19. The van der Waals surface area contributed by atoms with Crippen LogP contribution < -0.4 is 5.32 Å². The predicted molar refractivity (Wildman–Crippen MR) is 71.1 cm³/mol. The molecular weight excluding hydrogens is 226 g/mol. The second kappa shape index (κ2) is 6.96. The molecule has 0 aromatic carbocycles. The minimum Gasteiger partial charge on any atom is -0.333 e. The number of nitrogens with one attached hydrogen (secondary N) is 1. The van der Waals surface area contributed by atoms with E-state index in [1.165, 1.54) is 5.69 Å². The lowest BCUT2D eigenvalue weighted by atomic mass is 10.3. The predicted octanol–water partition coefficient (Wildman–Crippen LogP) is 1.67. The van der Waals surface area contributed by atoms with Crippen LogP contribution in [-0.2, 0) is 19.6 Å². The quantitative estimate of drug-likeness (QED) is 0.722. The Bertz CT molecular complexity index is 432. The SMILES string of the molecule is CCCn1cncc1CNCCCn1cccn1. The van der Waals surface area contributed by atoms with Gasteiger partial charge in [0, 0.05) is 38.2 Å². The minimum absolute atomic E-state index is 0.888. The van der Waals surface area contributed by atoms with Gasteiger partial charge in [0.05, 0.1) is 12.0 Å². The zero-order chi connectivity index (χ0) is 12.6. The van der Waals surface area contributed by atoms with Crippen molar-refractivity contribution in [2.75, 3.05) is 6.54 Å². The van der Waals surface area contributed by atoms with Crippen molar-refractivity contribution in [3.63, 3.8) is 0 Å². The summed E-state index contributed by atoms with van der Waals surface area (Å²) in [5, 5.41) is 7.62. The van der Waals surface area contributed by atoms with Crippen LogP contribution in [0.3, 0.4) is 0 Å². The van der Waals surface area contributed by atoms with Crippen LogP contribution in [0, 0.1) is 0 Å². The van der Waals surface area contributed by atoms with Gasteiger partial charge in [-0.15, -0.1) is 0 Å². The average molecular weight is 247 g/mol. The van der Waals surface area contributed by atoms with Crippen LogP contribution >= 0.6 is 0 Å². The van der Waals surface area contributed by atoms with Gasteiger partial charge in [-0.05, 0) is 25.5 Å². The van der Waals surface area contributed by atoms with E-state index < -0.39 is 0 Å². The molecule has 0 amide bonds. The lowest BCUT2D eigenvalue weighted by molar-refractivity contribution is 0.532. The number of hydrogen-bond acceptors (Lipinski definition) is 3. The van der Waals surface area contributed by atoms with Crippen LogP contribution in [0.2, 0.25) is 0 Å². The van der Waals surface area contributed by atoms with E-state index in [2.05, 4.69) is 26.9 Å². The lowest BCUT2D eigenvalue weighted by Gasteiger charge is -2.08. The van der Waals surface area contributed by atoms with Gasteiger partial charge >= 0.3 is 0 Å². The zero-order valence-electron chi connectivity index (χ0n) is 10.9. The Kier molecular flexibility index (Phi) is 4.96. The van der Waals surface area contributed by atoms with E-state index >= 15 is 0 Å². The van der Waals surface area contributed by atoms with Crippen molar-refractivity contribution >= 4 is 0 Å². The first-order valence-electron chi connectivity index (χ1n) is 6.57. The Balaban J connectivity index is 1.64. The van der Waals surface area contributed by atoms with Crippen molar-refractivity contribution in [1.29, 1.82) is 0 Å². The van der Waals surface area contributed by atoms with Gasteiger partial charge in [0.25, 0.3) is 0 Å². The normalized spacial score (nSPS) is 10.9. The zero-order valence-corrected chi connectivity index (χ0v) is 10.9. The van der Waals surface area contributed by atoms with Crippen molar-refractivity contribution in [3.8, 4) is 0 Å². The van der Waals surface area contributed by atoms with Gasteiger partial charge in [-0.25, -0.2) is 4.98 Å². The number of imidazole rings is 1. The molecule has 0 bridgehead atoms. The fourth-order valence-electron chi connectivity index (χ4n) is 1.95. The molecule has 0 saturated heterocycles. The van der Waals surface area contributed by atoms with E-state index in [1.54, 1.807) is 0 Å². The average Bonchev–Trinajstić information content (AvgIpc) is 3.01. The molecule has 0 aliphatic carbocycles. The van der Waals surface area contributed by atoms with Gasteiger partial charge in [-0.2, -0.15) is 5.10 Å². The van der Waals surface area contributed by atoms with Crippen molar-refractivity contribution in [1.82, 2.24) is 24.6 Å². The molecule has 0 saturated carbocycles. The first-order valence-corrected chi connectivity index (χ1v) is 6.57. The van der Waals surface area contributed by atoms with Gasteiger partial charge in [0.15, 0.2) is 0 Å². The van der Waals surface area contributed by atoms with Crippen molar-refractivity contribution in [3.05, 3.63) is 36.7 Å². The number of nitrogens with zero attached hydrogens (tertiary/aromatic N) is 4. The minimum atomic E-state index is 0.888. The van der Waals surface area contributed by atoms with Crippen LogP contribution in [0.25, 0.3) is 0 Å². The molecule has 0 aliphatic heterocycles. The molecule has 1 N–H and O–H groups in total. The highest BCUT2D eigenvalue weighted by molar-refractivity contribution is 4.97. The molecule has 2 aromatic rings. The van der Waals surface area contributed by atoms with E-state index in [0.717, 1.165) is 39.0 Å². The van der Waals surface area contributed by atoms with Gasteiger partial charge in [-0.1, -0.05) is 6.92 Å². The van der Waals surface area contributed by atoms with Crippen molar-refractivity contribution in [2.24, 2.45) is 0 Å². The molecule has 0 atom stereocenters. The summed E-state index contributed by atoms with van der Waals surface area (Å²) in [6.45, 7) is 6.08. The van der Waals surface area contributed by atoms with Gasteiger partial charge in [0.1, 0.15) is 0 Å². The number of rotatable bonds is 8. The van der Waals surface area contributed by atoms with E-state index in [4.69, 9.17) is 0 Å². The monoisotopic (exact) mass is 247 g/mol. The molecule has 18 heavy (non-hydrogen) atoms. The maximum Gasteiger partial charge on any atom is 0.0948 e. The van der Waals surface area contributed by atoms with Crippen LogP contribution in [0.15, 0.2) is 31.0 Å². The third-order valence-electron chi connectivity index (χ3n) is 2.87. The molecule has 2 rings (SSSR count). The third-order valence-corrected chi connectivity index (χ3v) is 2.87. The fourth-order valence-corrected chi connectivity index (χ4v) is 1.95. The van der Waals surface area contributed by atoms with Gasteiger partial charge in [-0.3, -0.25) is 4.68 Å². The summed E-state index contributed by atoms with van der Waals surface area (Å²) in [7, 11) is 0. The molecule has 0 unspecified atom stereocenters. The molecule has 5 nitrogen and oxygen atoms in total. The molecular formula is C13H21N5. The molecule has 2 heterocycles. The maximum atomic E-state index is 4.19. The molecule has 5 heteroatoms. The first-order chi connectivity index (χ1) is 8.90. The van der Waals surface area contributed by atoms with E-state index in [9.17, 15) is 0 Å². The van der Waals surface area contributed by atoms with Crippen LogP contribution in [0.4, 0.5) is 0 Å². The van der Waals surface area contributed by atoms with Gasteiger partial charge in [0.2, 0.25) is 0 Å². The van der Waals surface area contributed by atoms with E-state index in [0.29, 0.717) is 0 Å². The Morgan fingerprint density at radius 2 is 2.28 bits per heavy atom. The summed E-state index contributed by atoms with van der Waals surface area (Å²) in [5.74, 6) is 0. The second-order valence-electron chi connectivity index (χ2n) is 4.38. The Morgan fingerprint density at radius 1 is 1.33 bits per heavy atom. The van der Waals surface area contributed by atoms with Gasteiger partial charge < -0.3 is 9.88 Å². The van der Waals surface area contributed by atoms with E-state index in [1.807, 2.05) is 35.7 Å². The fraction of sp³-hybridized carbons (Fsp3) is 0.538. The highest BCUT2D eigenvalue weighted by atomic mass is 15.3. The molecule has 0 spiro atoms. The summed E-state index contributed by atoms with van der Waals surface area (Å²) >= 11 is 0. The summed E-state index contributed by atoms with van der Waals surface area (Å²) in [6.07, 6.45) is 9.89. The van der Waals surface area contributed by atoms with Crippen LogP contribution in [0.1, 0.15) is 25.5 Å². The van der Waals surface area contributed by atoms with Crippen molar-refractivity contribution in [2.45, 2.75) is 39.4 Å². The number of aromatic nitrogens is 4. The highest BCUT2D eigenvalue weighted by Gasteiger charge is 2.00. The molecule has 0 radical (unpaired) electrons. The highest BCUT2D eigenvalue weighted by Crippen LogP contribution is 2.00. The maximum absolute atomic E-state index is 4.19. The molecule has 98 valence electrons. The van der Waals surface area contributed by atoms with Crippen molar-refractivity contribution < 1.29 is 0 Å². The molecule has 0 aliphatic rings.